The highest BCUT2D eigenvalue weighted by Gasteiger charge is 2.37. The molecule has 0 aliphatic rings. The zero-order valence-electron chi connectivity index (χ0n) is 15.1. The summed E-state index contributed by atoms with van der Waals surface area (Å²) in [4.78, 5) is 9.69. The molecular weight excluding hydrogens is 442 g/mol. The van der Waals surface area contributed by atoms with Gasteiger partial charge in [0.15, 0.2) is 16.4 Å². The minimum Gasteiger partial charge on any atom is -0.481 e. The lowest BCUT2D eigenvalue weighted by Crippen LogP contribution is -2.15. The summed E-state index contributed by atoms with van der Waals surface area (Å²) in [5, 5.41) is 8.70. The molecule has 2 aromatic rings. The highest BCUT2D eigenvalue weighted by molar-refractivity contribution is 7.91. The van der Waals surface area contributed by atoms with Crippen LogP contribution in [0.3, 0.4) is 0 Å². The number of hydrogen-bond acceptors (Lipinski definition) is 4. The van der Waals surface area contributed by atoms with Gasteiger partial charge in [-0.3, -0.25) is 0 Å². The van der Waals surface area contributed by atoms with E-state index in [-0.39, 0.29) is 0 Å². The van der Waals surface area contributed by atoms with Gasteiger partial charge < -0.3 is 9.84 Å². The lowest BCUT2D eigenvalue weighted by atomic mass is 9.99. The fourth-order valence-corrected chi connectivity index (χ4v) is 3.64. The van der Waals surface area contributed by atoms with Gasteiger partial charge in [-0.1, -0.05) is 13.0 Å². The molecule has 0 aliphatic carbocycles. The lowest BCUT2D eigenvalue weighted by Gasteiger charge is -2.17. The molecule has 2 rings (SSSR count). The summed E-state index contributed by atoms with van der Waals surface area (Å²) in [7, 11) is -4.28. The molecule has 1 N–H and O–H groups in total. The Labute approximate surface area is 166 Å². The van der Waals surface area contributed by atoms with E-state index in [9.17, 15) is 39.6 Å². The van der Waals surface area contributed by atoms with Gasteiger partial charge in [0, 0.05) is 5.56 Å². The molecule has 30 heavy (non-hydrogen) atoms. The van der Waals surface area contributed by atoms with Crippen molar-refractivity contribution in [1.82, 2.24) is 0 Å². The second kappa shape index (κ2) is 8.17. The van der Waals surface area contributed by atoms with Crippen molar-refractivity contribution < 1.29 is 49.4 Å². The van der Waals surface area contributed by atoms with Gasteiger partial charge in [-0.15, -0.1) is 0 Å². The second-order valence-corrected chi connectivity index (χ2v) is 8.25. The maximum Gasteiger partial charge on any atom is 0.417 e. The van der Waals surface area contributed by atoms with Crippen molar-refractivity contribution in [2.75, 3.05) is 12.4 Å². The van der Waals surface area contributed by atoms with E-state index in [1.54, 1.807) is 0 Å². The van der Waals surface area contributed by atoms with E-state index < -0.39 is 73.4 Å². The summed E-state index contributed by atoms with van der Waals surface area (Å²) >= 11 is 0. The Bertz CT molecular complexity index is 1060. The molecule has 0 fully saturated rings. The van der Waals surface area contributed by atoms with Gasteiger partial charge in [-0.05, 0) is 35.9 Å². The SMILES string of the molecule is CCS(=O)(=O)c1ccc(-c2cc(C(F)(F)F)ccc2OCC(=O)O)cc1C(F)(F)F. The monoisotopic (exact) mass is 456 g/mol. The molecule has 0 spiro atoms. The smallest absolute Gasteiger partial charge is 0.417 e. The average molecular weight is 456 g/mol. The molecule has 2 aromatic carbocycles. The number of carboxylic acids is 1. The van der Waals surface area contributed by atoms with Crippen LogP contribution in [0.4, 0.5) is 26.3 Å². The number of benzene rings is 2. The number of rotatable bonds is 6. The predicted octanol–water partition coefficient (Wildman–Crippen LogP) is 4.65. The fourth-order valence-electron chi connectivity index (χ4n) is 2.54. The number of carboxylic acid groups (broad SMARTS) is 1. The van der Waals surface area contributed by atoms with Gasteiger partial charge in [0.2, 0.25) is 0 Å². The predicted molar refractivity (Wildman–Crippen MR) is 92.7 cm³/mol. The Balaban J connectivity index is 2.76. The van der Waals surface area contributed by atoms with Gasteiger partial charge >= 0.3 is 18.3 Å². The van der Waals surface area contributed by atoms with Crippen molar-refractivity contribution in [2.24, 2.45) is 0 Å². The molecule has 0 aromatic heterocycles. The van der Waals surface area contributed by atoms with Crippen LogP contribution in [0.25, 0.3) is 11.1 Å². The van der Waals surface area contributed by atoms with E-state index in [0.29, 0.717) is 24.3 Å². The van der Waals surface area contributed by atoms with E-state index in [2.05, 4.69) is 0 Å². The topological polar surface area (TPSA) is 80.7 Å². The molecule has 0 atom stereocenters. The molecule has 0 saturated heterocycles. The third kappa shape index (κ3) is 5.23. The first-order chi connectivity index (χ1) is 13.7. The van der Waals surface area contributed by atoms with Crippen molar-refractivity contribution in [3.63, 3.8) is 0 Å². The zero-order chi connectivity index (χ0) is 22.9. The first-order valence-corrected chi connectivity index (χ1v) is 9.82. The molecule has 0 aliphatic heterocycles. The number of aliphatic carboxylic acids is 1. The second-order valence-electron chi connectivity index (χ2n) is 6.00. The van der Waals surface area contributed by atoms with Crippen molar-refractivity contribution in [3.05, 3.63) is 47.5 Å². The Kier molecular flexibility index (Phi) is 6.40. The number of sulfone groups is 1. The van der Waals surface area contributed by atoms with Crippen molar-refractivity contribution in [3.8, 4) is 16.9 Å². The molecule has 0 radical (unpaired) electrons. The van der Waals surface area contributed by atoms with Crippen molar-refractivity contribution in [1.29, 1.82) is 0 Å². The van der Waals surface area contributed by atoms with Crippen LogP contribution in [-0.2, 0) is 27.0 Å². The summed E-state index contributed by atoms with van der Waals surface area (Å²) in [6.07, 6.45) is -9.95. The summed E-state index contributed by atoms with van der Waals surface area (Å²) in [6, 6.07) is 3.82. The highest BCUT2D eigenvalue weighted by Crippen LogP contribution is 2.41. The summed E-state index contributed by atoms with van der Waals surface area (Å²) in [5.41, 5.74) is -3.66. The lowest BCUT2D eigenvalue weighted by molar-refractivity contribution is -0.140. The van der Waals surface area contributed by atoms with Gasteiger partial charge in [0.25, 0.3) is 0 Å². The standard InChI is InChI=1S/C18H14F6O5S/c1-2-30(27,28)15-6-3-10(7-13(15)18(22,23)24)12-8-11(17(19,20)21)4-5-14(12)29-9-16(25)26/h3-8H,2,9H2,1H3,(H,25,26). The van der Waals surface area contributed by atoms with Crippen LogP contribution in [0.15, 0.2) is 41.3 Å². The normalized spacial score (nSPS) is 12.6. The Morgan fingerprint density at radius 2 is 1.63 bits per heavy atom. The first kappa shape index (κ1) is 23.5. The van der Waals surface area contributed by atoms with Crippen molar-refractivity contribution in [2.45, 2.75) is 24.2 Å². The minimum absolute atomic E-state index is 0.395. The molecule has 0 heterocycles. The molecule has 164 valence electrons. The van der Waals surface area contributed by atoms with E-state index >= 15 is 0 Å². The third-order valence-corrected chi connectivity index (χ3v) is 5.76. The minimum atomic E-state index is -5.11. The largest absolute Gasteiger partial charge is 0.481 e. The van der Waals surface area contributed by atoms with Gasteiger partial charge in [-0.2, -0.15) is 26.3 Å². The van der Waals surface area contributed by atoms with Gasteiger partial charge in [-0.25, -0.2) is 13.2 Å². The maximum atomic E-state index is 13.5. The van der Waals surface area contributed by atoms with Crippen LogP contribution in [0.1, 0.15) is 18.1 Å². The van der Waals surface area contributed by atoms with Crippen LogP contribution in [-0.4, -0.2) is 31.9 Å². The van der Waals surface area contributed by atoms with Gasteiger partial charge in [0.1, 0.15) is 5.75 Å². The van der Waals surface area contributed by atoms with Crippen LogP contribution in [0.2, 0.25) is 0 Å². The quantitative estimate of drug-likeness (QED) is 0.641. The number of halogens is 6. The molecule has 5 nitrogen and oxygen atoms in total. The Morgan fingerprint density at radius 1 is 1.00 bits per heavy atom. The van der Waals surface area contributed by atoms with E-state index in [1.807, 2.05) is 0 Å². The summed E-state index contributed by atoms with van der Waals surface area (Å²) in [5.74, 6) is -2.49. The molecule has 0 amide bonds. The fraction of sp³-hybridized carbons (Fsp3) is 0.278. The van der Waals surface area contributed by atoms with Crippen molar-refractivity contribution >= 4 is 15.8 Å². The van der Waals surface area contributed by atoms with Crippen LogP contribution < -0.4 is 4.74 Å². The molecule has 12 heteroatoms. The number of hydrogen-bond donors (Lipinski definition) is 1. The number of ether oxygens (including phenoxy) is 1. The summed E-state index contributed by atoms with van der Waals surface area (Å²) < 4.78 is 109. The van der Waals surface area contributed by atoms with Gasteiger partial charge in [0.05, 0.1) is 21.8 Å². The number of carbonyl (C=O) groups is 1. The van der Waals surface area contributed by atoms with Crippen LogP contribution in [0.5, 0.6) is 5.75 Å². The summed E-state index contributed by atoms with van der Waals surface area (Å²) in [6.45, 7) is 0.195. The van der Waals surface area contributed by atoms with Crippen LogP contribution in [0, 0.1) is 0 Å². The third-order valence-electron chi connectivity index (χ3n) is 3.97. The zero-order valence-corrected chi connectivity index (χ0v) is 16.0. The van der Waals surface area contributed by atoms with E-state index in [0.717, 1.165) is 19.1 Å². The Morgan fingerprint density at radius 3 is 2.13 bits per heavy atom. The maximum absolute atomic E-state index is 13.5. The van der Waals surface area contributed by atoms with E-state index in [1.165, 1.54) is 0 Å². The molecule has 0 bridgehead atoms. The Hall–Kier alpha value is -2.76. The molecule has 0 unspecified atom stereocenters. The highest BCUT2D eigenvalue weighted by atomic mass is 32.2. The number of alkyl halides is 6. The van der Waals surface area contributed by atoms with E-state index in [4.69, 9.17) is 9.84 Å². The van der Waals surface area contributed by atoms with Crippen LogP contribution >= 0.6 is 0 Å². The first-order valence-electron chi connectivity index (χ1n) is 8.17. The average Bonchev–Trinajstić information content (AvgIpc) is 2.64. The molecular formula is C18H14F6O5S. The molecule has 0 saturated carbocycles.